The highest BCUT2D eigenvalue weighted by molar-refractivity contribution is 6.10. The SMILES string of the molecule is COc1ccc(-n2nc3ccc(NN=C(C#N)C#N)cc3n2)cc1. The first kappa shape index (κ1) is 15.0. The van der Waals surface area contributed by atoms with Crippen LogP contribution in [0.25, 0.3) is 16.7 Å². The zero-order valence-electron chi connectivity index (χ0n) is 12.6. The van der Waals surface area contributed by atoms with E-state index in [9.17, 15) is 0 Å². The van der Waals surface area contributed by atoms with Crippen LogP contribution in [-0.4, -0.2) is 27.8 Å². The molecule has 0 fully saturated rings. The molecule has 1 aromatic heterocycles. The number of nitriles is 2. The van der Waals surface area contributed by atoms with Gasteiger partial charge in [0.2, 0.25) is 5.71 Å². The predicted molar refractivity (Wildman–Crippen MR) is 87.7 cm³/mol. The molecule has 116 valence electrons. The van der Waals surface area contributed by atoms with Crippen LogP contribution in [0.5, 0.6) is 5.75 Å². The third-order valence-electron chi connectivity index (χ3n) is 3.19. The second kappa shape index (κ2) is 6.46. The highest BCUT2D eigenvalue weighted by atomic mass is 16.5. The molecule has 1 N–H and O–H groups in total. The van der Waals surface area contributed by atoms with Gasteiger partial charge in [-0.1, -0.05) is 0 Å². The number of hydrogen-bond acceptors (Lipinski definition) is 7. The van der Waals surface area contributed by atoms with E-state index in [1.165, 1.54) is 4.80 Å². The Kier molecular flexibility index (Phi) is 4.04. The molecule has 8 heteroatoms. The molecule has 0 radical (unpaired) electrons. The van der Waals surface area contributed by atoms with Crippen molar-refractivity contribution in [1.82, 2.24) is 15.0 Å². The number of nitrogens with one attached hydrogen (secondary N) is 1. The lowest BCUT2D eigenvalue weighted by molar-refractivity contribution is 0.414. The van der Waals surface area contributed by atoms with Crippen molar-refractivity contribution in [3.05, 3.63) is 42.5 Å². The number of nitrogens with zero attached hydrogens (tertiary/aromatic N) is 6. The maximum absolute atomic E-state index is 8.66. The first-order chi connectivity index (χ1) is 11.7. The maximum atomic E-state index is 8.66. The van der Waals surface area contributed by atoms with Crippen LogP contribution < -0.4 is 10.2 Å². The summed E-state index contributed by atoms with van der Waals surface area (Å²) in [6.07, 6.45) is 0. The van der Waals surface area contributed by atoms with Gasteiger partial charge in [0.25, 0.3) is 0 Å². The molecular formula is C16H11N7O. The molecule has 3 aromatic rings. The number of ether oxygens (including phenoxy) is 1. The van der Waals surface area contributed by atoms with E-state index in [4.69, 9.17) is 15.3 Å². The van der Waals surface area contributed by atoms with E-state index >= 15 is 0 Å². The summed E-state index contributed by atoms with van der Waals surface area (Å²) in [5, 5.41) is 29.8. The summed E-state index contributed by atoms with van der Waals surface area (Å²) in [4.78, 5) is 1.52. The van der Waals surface area contributed by atoms with E-state index < -0.39 is 0 Å². The fourth-order valence-corrected chi connectivity index (χ4v) is 2.01. The Morgan fingerprint density at radius 1 is 1.08 bits per heavy atom. The smallest absolute Gasteiger partial charge is 0.237 e. The number of methoxy groups -OCH3 is 1. The average Bonchev–Trinajstić information content (AvgIpc) is 3.06. The van der Waals surface area contributed by atoms with Crippen LogP contribution in [-0.2, 0) is 0 Å². The lowest BCUT2D eigenvalue weighted by Gasteiger charge is -2.01. The molecule has 0 unspecified atom stereocenters. The van der Waals surface area contributed by atoms with Gasteiger partial charge in [0, 0.05) is 0 Å². The monoisotopic (exact) mass is 317 g/mol. The van der Waals surface area contributed by atoms with Gasteiger partial charge < -0.3 is 4.74 Å². The van der Waals surface area contributed by atoms with Gasteiger partial charge >= 0.3 is 0 Å². The normalized spacial score (nSPS) is 9.79. The number of anilines is 1. The van der Waals surface area contributed by atoms with Crippen LogP contribution in [0.15, 0.2) is 47.6 Å². The van der Waals surface area contributed by atoms with Gasteiger partial charge in [-0.3, -0.25) is 5.43 Å². The minimum atomic E-state index is -0.253. The Morgan fingerprint density at radius 3 is 2.46 bits per heavy atom. The predicted octanol–water partition coefficient (Wildman–Crippen LogP) is 2.24. The van der Waals surface area contributed by atoms with Crippen molar-refractivity contribution in [1.29, 1.82) is 10.5 Å². The van der Waals surface area contributed by atoms with Crippen LogP contribution >= 0.6 is 0 Å². The summed E-state index contributed by atoms with van der Waals surface area (Å²) in [6, 6.07) is 16.0. The Hall–Kier alpha value is -3.91. The number of fused-ring (bicyclic) bond motifs is 1. The minimum absolute atomic E-state index is 0.253. The number of hydrazone groups is 1. The number of benzene rings is 2. The molecule has 8 nitrogen and oxygen atoms in total. The molecule has 0 saturated carbocycles. The molecule has 0 bridgehead atoms. The molecule has 2 aromatic carbocycles. The number of aromatic nitrogens is 3. The van der Waals surface area contributed by atoms with Gasteiger partial charge in [0.1, 0.15) is 28.9 Å². The second-order valence-electron chi connectivity index (χ2n) is 4.69. The highest BCUT2D eigenvalue weighted by Crippen LogP contribution is 2.19. The minimum Gasteiger partial charge on any atom is -0.497 e. The molecule has 0 amide bonds. The van der Waals surface area contributed by atoms with Crippen molar-refractivity contribution in [3.8, 4) is 23.6 Å². The van der Waals surface area contributed by atoms with Crippen molar-refractivity contribution in [3.63, 3.8) is 0 Å². The third-order valence-corrected chi connectivity index (χ3v) is 3.19. The fraction of sp³-hybridized carbons (Fsp3) is 0.0625. The number of hydrogen-bond donors (Lipinski definition) is 1. The number of rotatable bonds is 4. The largest absolute Gasteiger partial charge is 0.497 e. The van der Waals surface area contributed by atoms with Crippen molar-refractivity contribution in [2.75, 3.05) is 12.5 Å². The van der Waals surface area contributed by atoms with E-state index in [1.54, 1.807) is 37.4 Å². The molecular weight excluding hydrogens is 306 g/mol. The Balaban J connectivity index is 1.90. The Bertz CT molecular complexity index is 974. The zero-order valence-corrected chi connectivity index (χ0v) is 12.6. The first-order valence-corrected chi connectivity index (χ1v) is 6.89. The summed E-state index contributed by atoms with van der Waals surface area (Å²) >= 11 is 0. The van der Waals surface area contributed by atoms with E-state index in [-0.39, 0.29) is 5.71 Å². The van der Waals surface area contributed by atoms with Gasteiger partial charge in [0.05, 0.1) is 18.5 Å². The fourth-order valence-electron chi connectivity index (χ4n) is 2.01. The molecule has 0 aliphatic carbocycles. The van der Waals surface area contributed by atoms with Crippen molar-refractivity contribution in [2.24, 2.45) is 5.10 Å². The van der Waals surface area contributed by atoms with E-state index in [2.05, 4.69) is 20.7 Å². The molecule has 0 spiro atoms. The first-order valence-electron chi connectivity index (χ1n) is 6.89. The highest BCUT2D eigenvalue weighted by Gasteiger charge is 2.06. The lowest BCUT2D eigenvalue weighted by atomic mass is 10.3. The van der Waals surface area contributed by atoms with Gasteiger partial charge in [-0.05, 0) is 42.5 Å². The molecule has 0 atom stereocenters. The van der Waals surface area contributed by atoms with E-state index in [1.807, 2.05) is 24.3 Å². The van der Waals surface area contributed by atoms with Crippen LogP contribution in [0, 0.1) is 22.7 Å². The Morgan fingerprint density at radius 2 is 1.79 bits per heavy atom. The van der Waals surface area contributed by atoms with Gasteiger partial charge in [-0.25, -0.2) is 0 Å². The molecule has 0 saturated heterocycles. The van der Waals surface area contributed by atoms with Gasteiger partial charge in [-0.2, -0.15) is 20.4 Å². The van der Waals surface area contributed by atoms with E-state index in [0.29, 0.717) is 16.7 Å². The standard InChI is InChI=1S/C16H11N7O/c1-24-14-5-3-13(4-6-14)23-21-15-7-2-11(8-16(15)22-23)19-20-12(9-17)10-18/h2-8,19H,1H3. The zero-order chi connectivity index (χ0) is 16.9. The van der Waals surface area contributed by atoms with Gasteiger partial charge in [-0.15, -0.1) is 10.2 Å². The summed E-state index contributed by atoms with van der Waals surface area (Å²) in [6.45, 7) is 0. The lowest BCUT2D eigenvalue weighted by Crippen LogP contribution is -1.98. The summed E-state index contributed by atoms with van der Waals surface area (Å²) in [5.41, 5.74) is 5.17. The average molecular weight is 317 g/mol. The summed E-state index contributed by atoms with van der Waals surface area (Å²) in [7, 11) is 1.61. The van der Waals surface area contributed by atoms with Crippen LogP contribution in [0.3, 0.4) is 0 Å². The molecule has 24 heavy (non-hydrogen) atoms. The Labute approximate surface area is 137 Å². The maximum Gasteiger partial charge on any atom is 0.237 e. The third kappa shape index (κ3) is 2.98. The van der Waals surface area contributed by atoms with Crippen molar-refractivity contribution < 1.29 is 4.74 Å². The second-order valence-corrected chi connectivity index (χ2v) is 4.69. The van der Waals surface area contributed by atoms with Crippen LogP contribution in [0.2, 0.25) is 0 Å². The van der Waals surface area contributed by atoms with Crippen LogP contribution in [0.1, 0.15) is 0 Å². The van der Waals surface area contributed by atoms with Crippen LogP contribution in [0.4, 0.5) is 5.69 Å². The summed E-state index contributed by atoms with van der Waals surface area (Å²) < 4.78 is 5.13. The topological polar surface area (TPSA) is 112 Å². The van der Waals surface area contributed by atoms with Crippen molar-refractivity contribution in [2.45, 2.75) is 0 Å². The molecule has 1 heterocycles. The van der Waals surface area contributed by atoms with Crippen molar-refractivity contribution >= 4 is 22.4 Å². The van der Waals surface area contributed by atoms with E-state index in [0.717, 1.165) is 11.4 Å². The molecule has 3 rings (SSSR count). The molecule has 0 aliphatic rings. The molecule has 0 aliphatic heterocycles. The summed E-state index contributed by atoms with van der Waals surface area (Å²) in [5.74, 6) is 0.755. The van der Waals surface area contributed by atoms with Gasteiger partial charge in [0.15, 0.2) is 0 Å². The quantitative estimate of drug-likeness (QED) is 0.583.